The molecular weight excluding hydrogens is 224 g/mol. The van der Waals surface area contributed by atoms with Crippen molar-refractivity contribution in [3.63, 3.8) is 0 Å². The van der Waals surface area contributed by atoms with Gasteiger partial charge in [-0.1, -0.05) is 0 Å². The third-order valence-corrected chi connectivity index (χ3v) is 3.51. The number of nitrogen functional groups attached to an aromatic ring is 1. The lowest BCUT2D eigenvalue weighted by Crippen LogP contribution is -2.33. The zero-order valence-corrected chi connectivity index (χ0v) is 10.2. The van der Waals surface area contributed by atoms with E-state index in [9.17, 15) is 4.79 Å². The van der Waals surface area contributed by atoms with Crippen LogP contribution in [0.3, 0.4) is 0 Å². The van der Waals surface area contributed by atoms with Gasteiger partial charge in [0, 0.05) is 37.8 Å². The first kappa shape index (κ1) is 11.3. The van der Waals surface area contributed by atoms with E-state index >= 15 is 0 Å². The number of rotatable bonds is 2. The van der Waals surface area contributed by atoms with Crippen LogP contribution in [0.4, 0.5) is 5.13 Å². The summed E-state index contributed by atoms with van der Waals surface area (Å²) in [6.07, 6.45) is 2.82. The van der Waals surface area contributed by atoms with Crippen molar-refractivity contribution >= 4 is 22.4 Å². The van der Waals surface area contributed by atoms with Gasteiger partial charge in [-0.05, 0) is 6.42 Å². The highest BCUT2D eigenvalue weighted by molar-refractivity contribution is 7.15. The lowest BCUT2D eigenvalue weighted by molar-refractivity contribution is -0.129. The molecule has 0 atom stereocenters. The van der Waals surface area contributed by atoms with Gasteiger partial charge in [-0.3, -0.25) is 9.69 Å². The second-order valence-electron chi connectivity index (χ2n) is 4.04. The molecule has 0 spiro atoms. The van der Waals surface area contributed by atoms with Crippen molar-refractivity contribution in [1.29, 1.82) is 0 Å². The van der Waals surface area contributed by atoms with Gasteiger partial charge in [-0.25, -0.2) is 4.98 Å². The molecule has 2 heterocycles. The van der Waals surface area contributed by atoms with Gasteiger partial charge in [0.05, 0.1) is 6.54 Å². The number of likely N-dealkylation sites (N-methyl/N-ethyl adjacent to an activating group) is 1. The zero-order chi connectivity index (χ0) is 11.5. The molecule has 0 unspecified atom stereocenters. The van der Waals surface area contributed by atoms with Crippen LogP contribution < -0.4 is 5.73 Å². The fraction of sp³-hybridized carbons (Fsp3) is 0.600. The number of thiazole rings is 1. The van der Waals surface area contributed by atoms with Crippen LogP contribution in [0.2, 0.25) is 0 Å². The standard InChI is InChI=1S/C10H16N4OS/c1-13-3-2-4-14(7-9(13)15)6-8-5-12-10(11)16-8/h5H,2-4,6-7H2,1H3,(H2,11,12). The molecule has 2 N–H and O–H groups in total. The third-order valence-electron chi connectivity index (χ3n) is 2.70. The van der Waals surface area contributed by atoms with Crippen molar-refractivity contribution in [2.75, 3.05) is 32.4 Å². The van der Waals surface area contributed by atoms with Gasteiger partial charge in [0.15, 0.2) is 5.13 Å². The molecule has 0 aromatic carbocycles. The summed E-state index contributed by atoms with van der Waals surface area (Å²) >= 11 is 1.49. The maximum atomic E-state index is 11.7. The Kier molecular flexibility index (Phi) is 3.40. The van der Waals surface area contributed by atoms with Crippen LogP contribution in [-0.4, -0.2) is 47.4 Å². The van der Waals surface area contributed by atoms with Crippen LogP contribution in [0.25, 0.3) is 0 Å². The number of carbonyl (C=O) groups excluding carboxylic acids is 1. The quantitative estimate of drug-likeness (QED) is 0.812. The molecule has 2 rings (SSSR count). The van der Waals surface area contributed by atoms with Crippen molar-refractivity contribution in [1.82, 2.24) is 14.8 Å². The van der Waals surface area contributed by atoms with E-state index in [0.29, 0.717) is 11.7 Å². The summed E-state index contributed by atoms with van der Waals surface area (Å²) in [5.74, 6) is 0.190. The molecule has 1 saturated heterocycles. The summed E-state index contributed by atoms with van der Waals surface area (Å²) in [5.41, 5.74) is 5.58. The summed E-state index contributed by atoms with van der Waals surface area (Å²) in [5, 5.41) is 0.591. The summed E-state index contributed by atoms with van der Waals surface area (Å²) in [4.78, 5) is 20.7. The zero-order valence-electron chi connectivity index (χ0n) is 9.35. The number of carbonyl (C=O) groups is 1. The van der Waals surface area contributed by atoms with Crippen molar-refractivity contribution in [2.24, 2.45) is 0 Å². The normalized spacial score (nSPS) is 18.8. The minimum atomic E-state index is 0.190. The maximum Gasteiger partial charge on any atom is 0.236 e. The minimum Gasteiger partial charge on any atom is -0.375 e. The molecule has 1 fully saturated rings. The Morgan fingerprint density at radius 3 is 3.06 bits per heavy atom. The molecule has 1 aliphatic heterocycles. The monoisotopic (exact) mass is 240 g/mol. The van der Waals surface area contributed by atoms with E-state index < -0.39 is 0 Å². The van der Waals surface area contributed by atoms with Crippen LogP contribution in [0, 0.1) is 0 Å². The van der Waals surface area contributed by atoms with E-state index in [1.54, 1.807) is 11.1 Å². The molecule has 0 bridgehead atoms. The van der Waals surface area contributed by atoms with Crippen molar-refractivity contribution in [2.45, 2.75) is 13.0 Å². The van der Waals surface area contributed by atoms with Gasteiger partial charge in [-0.2, -0.15) is 0 Å². The largest absolute Gasteiger partial charge is 0.375 e. The van der Waals surface area contributed by atoms with E-state index in [0.717, 1.165) is 30.9 Å². The third kappa shape index (κ3) is 2.70. The molecule has 1 amide bonds. The lowest BCUT2D eigenvalue weighted by atomic mass is 10.4. The number of hydrogen-bond donors (Lipinski definition) is 1. The van der Waals surface area contributed by atoms with Gasteiger partial charge >= 0.3 is 0 Å². The van der Waals surface area contributed by atoms with Crippen LogP contribution >= 0.6 is 11.3 Å². The Morgan fingerprint density at radius 2 is 2.38 bits per heavy atom. The molecule has 0 radical (unpaired) electrons. The number of nitrogens with zero attached hydrogens (tertiary/aromatic N) is 3. The number of hydrogen-bond acceptors (Lipinski definition) is 5. The molecule has 88 valence electrons. The summed E-state index contributed by atoms with van der Waals surface area (Å²) in [7, 11) is 1.86. The van der Waals surface area contributed by atoms with Gasteiger partial charge < -0.3 is 10.6 Å². The second kappa shape index (κ2) is 4.80. The molecule has 1 aromatic heterocycles. The van der Waals surface area contributed by atoms with E-state index in [4.69, 9.17) is 5.73 Å². The molecule has 0 aliphatic carbocycles. The number of nitrogens with two attached hydrogens (primary N) is 1. The fourth-order valence-corrected chi connectivity index (χ4v) is 2.52. The summed E-state index contributed by atoms with van der Waals surface area (Å²) in [6.45, 7) is 3.07. The fourth-order valence-electron chi connectivity index (χ4n) is 1.80. The second-order valence-corrected chi connectivity index (χ2v) is 5.19. The molecule has 1 aromatic rings. The highest BCUT2D eigenvalue weighted by Crippen LogP contribution is 2.17. The average molecular weight is 240 g/mol. The summed E-state index contributed by atoms with van der Waals surface area (Å²) < 4.78 is 0. The lowest BCUT2D eigenvalue weighted by Gasteiger charge is -2.17. The topological polar surface area (TPSA) is 62.5 Å². The van der Waals surface area contributed by atoms with E-state index in [1.807, 2.05) is 7.05 Å². The average Bonchev–Trinajstić information content (AvgIpc) is 2.56. The van der Waals surface area contributed by atoms with Gasteiger partial charge in [0.1, 0.15) is 0 Å². The Hall–Kier alpha value is -1.14. The van der Waals surface area contributed by atoms with Crippen molar-refractivity contribution < 1.29 is 4.79 Å². The van der Waals surface area contributed by atoms with Crippen LogP contribution in [-0.2, 0) is 11.3 Å². The van der Waals surface area contributed by atoms with Gasteiger partial charge in [0.2, 0.25) is 5.91 Å². The maximum absolute atomic E-state index is 11.7. The van der Waals surface area contributed by atoms with E-state index in [1.165, 1.54) is 11.3 Å². The Bertz CT molecular complexity index is 379. The summed E-state index contributed by atoms with van der Waals surface area (Å²) in [6, 6.07) is 0. The smallest absolute Gasteiger partial charge is 0.236 e. The van der Waals surface area contributed by atoms with Crippen LogP contribution in [0.1, 0.15) is 11.3 Å². The Labute approximate surface area is 98.9 Å². The molecule has 0 saturated carbocycles. The molecule has 1 aliphatic rings. The Balaban J connectivity index is 1.97. The SMILES string of the molecule is CN1CCCN(Cc2cnc(N)s2)CC1=O. The minimum absolute atomic E-state index is 0.190. The van der Waals surface area contributed by atoms with Crippen LogP contribution in [0.5, 0.6) is 0 Å². The van der Waals surface area contributed by atoms with Crippen molar-refractivity contribution in [3.8, 4) is 0 Å². The molecular formula is C10H16N4OS. The first-order valence-corrected chi connectivity index (χ1v) is 6.13. The van der Waals surface area contributed by atoms with Gasteiger partial charge in [0.25, 0.3) is 0 Å². The number of aromatic nitrogens is 1. The first-order valence-electron chi connectivity index (χ1n) is 5.31. The predicted molar refractivity (Wildman–Crippen MR) is 64.1 cm³/mol. The van der Waals surface area contributed by atoms with E-state index in [-0.39, 0.29) is 5.91 Å². The van der Waals surface area contributed by atoms with Gasteiger partial charge in [-0.15, -0.1) is 11.3 Å². The highest BCUT2D eigenvalue weighted by atomic mass is 32.1. The van der Waals surface area contributed by atoms with Crippen LogP contribution in [0.15, 0.2) is 6.20 Å². The first-order chi connectivity index (χ1) is 7.65. The van der Waals surface area contributed by atoms with E-state index in [2.05, 4.69) is 9.88 Å². The highest BCUT2D eigenvalue weighted by Gasteiger charge is 2.19. The number of anilines is 1. The van der Waals surface area contributed by atoms with Crippen molar-refractivity contribution in [3.05, 3.63) is 11.1 Å². The Morgan fingerprint density at radius 1 is 1.56 bits per heavy atom. The molecule has 5 nitrogen and oxygen atoms in total. The molecule has 6 heteroatoms. The number of amides is 1. The molecule has 16 heavy (non-hydrogen) atoms. The predicted octanol–water partition coefficient (Wildman–Crippen LogP) is 0.389.